The van der Waals surface area contributed by atoms with Crippen molar-refractivity contribution in [2.45, 2.75) is 414 Å². The van der Waals surface area contributed by atoms with E-state index in [1.54, 1.807) is 0 Å². The minimum absolute atomic E-state index is 0.175. The van der Waals surface area contributed by atoms with Gasteiger partial charge in [-0.05, 0) is 155 Å². The van der Waals surface area contributed by atoms with E-state index in [4.69, 9.17) is 18.9 Å². The molecule has 0 saturated carbocycles. The van der Waals surface area contributed by atoms with Crippen LogP contribution < -0.4 is 0 Å². The molecule has 0 aliphatic carbocycles. The largest absolute Gasteiger partial charge is 0.379 e. The van der Waals surface area contributed by atoms with Crippen molar-refractivity contribution in [3.63, 3.8) is 0 Å². The molecular weight excluding hydrogens is 1190 g/mol. The number of hydrogen-bond donors (Lipinski definition) is 0. The Bertz CT molecular complexity index is 1570. The summed E-state index contributed by atoms with van der Waals surface area (Å²) in [5.74, 6) is 13.5. The molecule has 97 heavy (non-hydrogen) atoms. The Morgan fingerprint density at radius 3 is 0.588 bits per heavy atom. The molecule has 586 valence electrons. The Balaban J connectivity index is 0. The topological polar surface area (TPSA) is 43.4 Å². The highest BCUT2D eigenvalue weighted by Gasteiger charge is 2.18. The van der Waals surface area contributed by atoms with Crippen LogP contribution in [0.2, 0.25) is 0 Å². The third-order valence-corrected chi connectivity index (χ3v) is 22.6. The molecule has 6 heteroatoms. The highest BCUT2D eigenvalue weighted by molar-refractivity contribution is 4.69. The van der Waals surface area contributed by atoms with Crippen molar-refractivity contribution in [3.05, 3.63) is 0 Å². The van der Waals surface area contributed by atoms with Gasteiger partial charge in [0.25, 0.3) is 0 Å². The Hall–Kier alpha value is -0.240. The summed E-state index contributed by atoms with van der Waals surface area (Å²) in [4.78, 5) is 4.51. The fourth-order valence-corrected chi connectivity index (χ4v) is 14.8. The van der Waals surface area contributed by atoms with Crippen molar-refractivity contribution in [1.29, 1.82) is 0 Å². The van der Waals surface area contributed by atoms with Crippen LogP contribution in [0.25, 0.3) is 0 Å². The van der Waals surface area contributed by atoms with Crippen LogP contribution in [0.3, 0.4) is 0 Å². The van der Waals surface area contributed by atoms with E-state index in [1.165, 1.54) is 257 Å². The van der Waals surface area contributed by atoms with Gasteiger partial charge >= 0.3 is 0 Å². The summed E-state index contributed by atoms with van der Waals surface area (Å²) in [6.45, 7) is 55.2. The SMILES string of the molecule is CC(C)CCCC(C)CCCC(C)CCCC(C)CCOCC(CCN(C)C)OCCC(C)CCCC(C)CCCC(C)CCCC(C)C.CC(C)CCCC(C)CCCC(C)CCCC(C)CCOCC(CN(C)C)OCCC(C)CCCC(C)CCCC(C)CCCC(C)C. The molecule has 0 radical (unpaired) electrons. The first-order valence-electron chi connectivity index (χ1n) is 43.7. The van der Waals surface area contributed by atoms with Gasteiger partial charge in [-0.2, -0.15) is 0 Å². The number of likely N-dealkylation sites (N-methyl/N-ethyl adjacent to an activating group) is 1. The maximum absolute atomic E-state index is 6.43. The molecule has 0 fully saturated rings. The molecule has 0 aliphatic rings. The van der Waals surface area contributed by atoms with E-state index in [9.17, 15) is 0 Å². The molecule has 0 aromatic heterocycles. The van der Waals surface area contributed by atoms with Gasteiger partial charge in [0.2, 0.25) is 0 Å². The molecule has 14 atom stereocenters. The van der Waals surface area contributed by atoms with E-state index in [1.807, 2.05) is 0 Å². The van der Waals surface area contributed by atoms with Crippen LogP contribution in [-0.2, 0) is 18.9 Å². The zero-order chi connectivity index (χ0) is 73.0. The van der Waals surface area contributed by atoms with Crippen molar-refractivity contribution in [2.24, 2.45) is 94.7 Å². The van der Waals surface area contributed by atoms with Crippen molar-refractivity contribution in [2.75, 3.05) is 80.9 Å². The Labute approximate surface area is 615 Å². The lowest BCUT2D eigenvalue weighted by atomic mass is 9.91. The Morgan fingerprint density at radius 1 is 0.196 bits per heavy atom. The molecule has 0 saturated heterocycles. The van der Waals surface area contributed by atoms with E-state index >= 15 is 0 Å². The maximum atomic E-state index is 6.43. The minimum atomic E-state index is 0.175. The summed E-state index contributed by atoms with van der Waals surface area (Å²) in [5, 5.41) is 0. The summed E-state index contributed by atoms with van der Waals surface area (Å²) in [5.41, 5.74) is 0. The van der Waals surface area contributed by atoms with Gasteiger partial charge in [0.1, 0.15) is 0 Å². The molecule has 0 rings (SSSR count). The van der Waals surface area contributed by atoms with E-state index in [0.717, 1.165) is 154 Å². The average molecular weight is 1370 g/mol. The second kappa shape index (κ2) is 67.6. The molecule has 0 spiro atoms. The molecule has 6 nitrogen and oxygen atoms in total. The Morgan fingerprint density at radius 2 is 0.381 bits per heavy atom. The zero-order valence-electron chi connectivity index (χ0n) is 71.6. The summed E-state index contributed by atoms with van der Waals surface area (Å²) in [6, 6.07) is 0. The van der Waals surface area contributed by atoms with Gasteiger partial charge in [-0.1, -0.05) is 370 Å². The van der Waals surface area contributed by atoms with Crippen LogP contribution in [0.1, 0.15) is 402 Å². The molecule has 0 bridgehead atoms. The van der Waals surface area contributed by atoms with Crippen LogP contribution in [0.15, 0.2) is 0 Å². The van der Waals surface area contributed by atoms with Crippen molar-refractivity contribution < 1.29 is 18.9 Å². The third-order valence-electron chi connectivity index (χ3n) is 22.6. The number of nitrogens with zero attached hydrogens (tertiary/aromatic N) is 2. The van der Waals surface area contributed by atoms with E-state index in [2.05, 4.69) is 176 Å². The number of hydrogen-bond acceptors (Lipinski definition) is 6. The zero-order valence-corrected chi connectivity index (χ0v) is 71.6. The van der Waals surface area contributed by atoms with Gasteiger partial charge in [0.05, 0.1) is 25.4 Å². The fraction of sp³-hybridized carbons (Fsp3) is 1.00. The summed E-state index contributed by atoms with van der Waals surface area (Å²) in [6.07, 6.45) is 56.5. The normalized spacial score (nSPS) is 16.8. The summed E-state index contributed by atoms with van der Waals surface area (Å²) >= 11 is 0. The standard InChI is InChI=1S/C46H95NO2.C45H93NO2/c1-38(2)19-13-21-40(5)23-15-25-42(7)27-17-29-44(9)32-35-48-37-46(31-34-47(11)12)49-36-33-45(10)30-18-28-43(8)26-16-24-41(6)22-14-20-39(3)4;1-37(2)19-13-21-39(5)23-15-25-41(7)27-17-29-43(9)31-33-47-36-45(35-46(11)12)48-34-32-44(10)30-18-28-42(8)26-16-24-40(6)22-14-20-38(3)4/h38-46H,13-37H2,1-12H3;37-45H,13-36H2,1-12H3. The lowest BCUT2D eigenvalue weighted by Crippen LogP contribution is -2.33. The van der Waals surface area contributed by atoms with Gasteiger partial charge in [0, 0.05) is 39.5 Å². The van der Waals surface area contributed by atoms with Crippen LogP contribution in [-0.4, -0.2) is 103 Å². The molecule has 0 heterocycles. The average Bonchev–Trinajstić information content (AvgIpc) is 2.11. The first kappa shape index (κ1) is 98.8. The Kier molecular flexibility index (Phi) is 68.9. The monoisotopic (exact) mass is 1370 g/mol. The molecule has 0 aromatic rings. The predicted octanol–water partition coefficient (Wildman–Crippen LogP) is 28.2. The molecule has 0 N–H and O–H groups in total. The quantitative estimate of drug-likeness (QED) is 0.0566. The lowest BCUT2D eigenvalue weighted by Gasteiger charge is -2.23. The predicted molar refractivity (Wildman–Crippen MR) is 437 cm³/mol. The van der Waals surface area contributed by atoms with E-state index < -0.39 is 0 Å². The highest BCUT2D eigenvalue weighted by atomic mass is 16.5. The molecule has 0 aliphatic heterocycles. The minimum Gasteiger partial charge on any atom is -0.379 e. The van der Waals surface area contributed by atoms with Crippen molar-refractivity contribution >= 4 is 0 Å². The van der Waals surface area contributed by atoms with Crippen molar-refractivity contribution in [3.8, 4) is 0 Å². The number of ether oxygens (including phenoxy) is 4. The van der Waals surface area contributed by atoms with Crippen LogP contribution in [0.5, 0.6) is 0 Å². The second-order valence-electron chi connectivity index (χ2n) is 37.2. The van der Waals surface area contributed by atoms with Gasteiger partial charge < -0.3 is 28.7 Å². The molecular formula is C91H188N2O4. The molecule has 0 aromatic carbocycles. The van der Waals surface area contributed by atoms with Crippen LogP contribution in [0, 0.1) is 94.7 Å². The lowest BCUT2D eigenvalue weighted by molar-refractivity contribution is -0.0325. The third kappa shape index (κ3) is 73.9. The smallest absolute Gasteiger partial charge is 0.0934 e. The van der Waals surface area contributed by atoms with Gasteiger partial charge in [0.15, 0.2) is 0 Å². The van der Waals surface area contributed by atoms with Crippen molar-refractivity contribution in [1.82, 2.24) is 9.80 Å². The maximum Gasteiger partial charge on any atom is 0.0934 e. The molecule has 0 amide bonds. The highest BCUT2D eigenvalue weighted by Crippen LogP contribution is 2.28. The van der Waals surface area contributed by atoms with E-state index in [0.29, 0.717) is 0 Å². The van der Waals surface area contributed by atoms with Crippen LogP contribution >= 0.6 is 0 Å². The first-order chi connectivity index (χ1) is 46.1. The van der Waals surface area contributed by atoms with Gasteiger partial charge in [-0.3, -0.25) is 0 Å². The fourth-order valence-electron chi connectivity index (χ4n) is 14.8. The summed E-state index contributed by atoms with van der Waals surface area (Å²) in [7, 11) is 8.61. The second-order valence-corrected chi connectivity index (χ2v) is 37.2. The molecule has 14 unspecified atom stereocenters. The number of rotatable bonds is 71. The van der Waals surface area contributed by atoms with Gasteiger partial charge in [-0.15, -0.1) is 0 Å². The summed E-state index contributed by atoms with van der Waals surface area (Å²) < 4.78 is 25.2. The van der Waals surface area contributed by atoms with Crippen LogP contribution in [0.4, 0.5) is 0 Å². The van der Waals surface area contributed by atoms with E-state index in [-0.39, 0.29) is 12.2 Å². The van der Waals surface area contributed by atoms with Gasteiger partial charge in [-0.25, -0.2) is 0 Å². The first-order valence-corrected chi connectivity index (χ1v) is 43.7.